The van der Waals surface area contributed by atoms with Crippen LogP contribution in [0.4, 0.5) is 0 Å². The minimum absolute atomic E-state index is 0.451. The fraction of sp³-hybridized carbons (Fsp3) is 0.353. The highest BCUT2D eigenvalue weighted by molar-refractivity contribution is 9.10. The van der Waals surface area contributed by atoms with Crippen molar-refractivity contribution in [2.75, 3.05) is 6.54 Å². The van der Waals surface area contributed by atoms with Crippen molar-refractivity contribution in [3.8, 4) is 0 Å². The van der Waals surface area contributed by atoms with Crippen LogP contribution in [0.1, 0.15) is 31.0 Å². The molecule has 0 aliphatic heterocycles. The molecule has 0 bridgehead atoms. The minimum atomic E-state index is 0.451. The van der Waals surface area contributed by atoms with E-state index in [9.17, 15) is 0 Å². The van der Waals surface area contributed by atoms with Crippen molar-refractivity contribution in [2.24, 2.45) is 0 Å². The third kappa shape index (κ3) is 4.73. The summed E-state index contributed by atoms with van der Waals surface area (Å²) < 4.78 is 1.03. The second-order valence-corrected chi connectivity index (χ2v) is 6.26. The molecule has 0 amide bonds. The Kier molecular flexibility index (Phi) is 5.74. The van der Waals surface area contributed by atoms with Crippen molar-refractivity contribution in [3.63, 3.8) is 0 Å². The lowest BCUT2D eigenvalue weighted by Gasteiger charge is -2.19. The lowest BCUT2D eigenvalue weighted by atomic mass is 9.93. The van der Waals surface area contributed by atoms with Crippen LogP contribution in [-0.4, -0.2) is 17.6 Å². The van der Waals surface area contributed by atoms with E-state index in [1.54, 1.807) is 0 Å². The average molecular weight is 333 g/mol. The van der Waals surface area contributed by atoms with Crippen LogP contribution in [0.25, 0.3) is 0 Å². The van der Waals surface area contributed by atoms with Crippen LogP contribution in [0.2, 0.25) is 0 Å². The van der Waals surface area contributed by atoms with E-state index >= 15 is 0 Å². The molecule has 2 aromatic rings. The maximum atomic E-state index is 4.50. The Morgan fingerprint density at radius 3 is 2.45 bits per heavy atom. The van der Waals surface area contributed by atoms with Crippen molar-refractivity contribution in [2.45, 2.75) is 32.2 Å². The molecule has 3 heteroatoms. The summed E-state index contributed by atoms with van der Waals surface area (Å²) in [6.07, 6.45) is 2.82. The van der Waals surface area contributed by atoms with E-state index in [-0.39, 0.29) is 0 Å². The van der Waals surface area contributed by atoms with Crippen molar-refractivity contribution in [3.05, 3.63) is 64.4 Å². The maximum Gasteiger partial charge on any atom is 0.0413 e. The minimum Gasteiger partial charge on any atom is -0.314 e. The number of aromatic nitrogens is 1. The van der Waals surface area contributed by atoms with E-state index < -0.39 is 0 Å². The predicted octanol–water partition coefficient (Wildman–Crippen LogP) is 4.17. The lowest BCUT2D eigenvalue weighted by molar-refractivity contribution is 0.524. The van der Waals surface area contributed by atoms with Gasteiger partial charge in [-0.05, 0) is 40.0 Å². The first-order valence-corrected chi connectivity index (χ1v) is 7.83. The van der Waals surface area contributed by atoms with Crippen LogP contribution < -0.4 is 5.32 Å². The van der Waals surface area contributed by atoms with Gasteiger partial charge in [0.1, 0.15) is 0 Å². The van der Waals surface area contributed by atoms with Crippen LogP contribution in [0.3, 0.4) is 0 Å². The fourth-order valence-corrected chi connectivity index (χ4v) is 2.43. The Bertz CT molecular complexity index is 508. The Hall–Kier alpha value is -1.19. The summed E-state index contributed by atoms with van der Waals surface area (Å²) in [7, 11) is 0. The van der Waals surface area contributed by atoms with Gasteiger partial charge in [-0.25, -0.2) is 0 Å². The normalized spacial score (nSPS) is 12.6. The van der Waals surface area contributed by atoms with Crippen LogP contribution in [-0.2, 0) is 6.42 Å². The average Bonchev–Trinajstić information content (AvgIpc) is 2.46. The van der Waals surface area contributed by atoms with E-state index in [1.165, 1.54) is 5.56 Å². The molecular weight excluding hydrogens is 312 g/mol. The molecule has 2 rings (SSSR count). The van der Waals surface area contributed by atoms with Gasteiger partial charge in [0.15, 0.2) is 0 Å². The molecule has 1 heterocycles. The van der Waals surface area contributed by atoms with Gasteiger partial charge in [-0.3, -0.25) is 4.98 Å². The van der Waals surface area contributed by atoms with Gasteiger partial charge in [0, 0.05) is 34.9 Å². The molecule has 2 nitrogen and oxygen atoms in total. The molecule has 1 atom stereocenters. The smallest absolute Gasteiger partial charge is 0.0413 e. The van der Waals surface area contributed by atoms with Gasteiger partial charge < -0.3 is 5.32 Å². The quantitative estimate of drug-likeness (QED) is 0.858. The fourth-order valence-electron chi connectivity index (χ4n) is 2.19. The van der Waals surface area contributed by atoms with Crippen molar-refractivity contribution in [1.29, 1.82) is 0 Å². The zero-order valence-corrected chi connectivity index (χ0v) is 13.6. The monoisotopic (exact) mass is 332 g/mol. The molecule has 1 aromatic carbocycles. The molecule has 20 heavy (non-hydrogen) atoms. The van der Waals surface area contributed by atoms with Crippen molar-refractivity contribution < 1.29 is 0 Å². The highest BCUT2D eigenvalue weighted by Gasteiger charge is 2.13. The molecule has 0 aliphatic rings. The van der Waals surface area contributed by atoms with E-state index in [2.05, 4.69) is 82.5 Å². The van der Waals surface area contributed by atoms with Gasteiger partial charge in [0.25, 0.3) is 0 Å². The lowest BCUT2D eigenvalue weighted by Crippen LogP contribution is -2.29. The summed E-state index contributed by atoms with van der Waals surface area (Å²) in [6.45, 7) is 5.33. The molecule has 1 aromatic heterocycles. The van der Waals surface area contributed by atoms with Crippen molar-refractivity contribution in [1.82, 2.24) is 10.3 Å². The van der Waals surface area contributed by atoms with Crippen LogP contribution in [0, 0.1) is 0 Å². The first-order chi connectivity index (χ1) is 9.65. The molecule has 106 valence electrons. The van der Waals surface area contributed by atoms with Gasteiger partial charge in [0.05, 0.1) is 0 Å². The van der Waals surface area contributed by atoms with Crippen LogP contribution in [0.5, 0.6) is 0 Å². The molecule has 0 aliphatic carbocycles. The summed E-state index contributed by atoms with van der Waals surface area (Å²) in [5.74, 6) is 0.451. The van der Waals surface area contributed by atoms with E-state index in [0.29, 0.717) is 12.0 Å². The number of nitrogens with zero attached hydrogens (tertiary/aromatic N) is 1. The topological polar surface area (TPSA) is 24.9 Å². The number of hydrogen-bond donors (Lipinski definition) is 1. The maximum absolute atomic E-state index is 4.50. The van der Waals surface area contributed by atoms with E-state index in [0.717, 1.165) is 23.1 Å². The first-order valence-electron chi connectivity index (χ1n) is 7.04. The van der Waals surface area contributed by atoms with Crippen LogP contribution in [0.15, 0.2) is 53.1 Å². The Labute approximate surface area is 129 Å². The third-order valence-corrected chi connectivity index (χ3v) is 3.76. The SMILES string of the molecule is CC(C)NCC(Cc1ccc(Br)cn1)c1ccccc1. The van der Waals surface area contributed by atoms with E-state index in [4.69, 9.17) is 0 Å². The predicted molar refractivity (Wildman–Crippen MR) is 88.0 cm³/mol. The molecular formula is C17H21BrN2. The molecule has 0 saturated carbocycles. The summed E-state index contributed by atoms with van der Waals surface area (Å²) in [6, 6.07) is 15.3. The molecule has 0 radical (unpaired) electrons. The highest BCUT2D eigenvalue weighted by Crippen LogP contribution is 2.20. The first kappa shape index (κ1) is 15.2. The third-order valence-electron chi connectivity index (χ3n) is 3.29. The van der Waals surface area contributed by atoms with Gasteiger partial charge in [-0.15, -0.1) is 0 Å². The molecule has 1 N–H and O–H groups in total. The van der Waals surface area contributed by atoms with Crippen molar-refractivity contribution >= 4 is 15.9 Å². The Balaban J connectivity index is 2.12. The summed E-state index contributed by atoms with van der Waals surface area (Å²) in [5.41, 5.74) is 2.50. The zero-order valence-electron chi connectivity index (χ0n) is 12.0. The number of pyridine rings is 1. The number of benzene rings is 1. The van der Waals surface area contributed by atoms with E-state index in [1.807, 2.05) is 6.20 Å². The summed E-state index contributed by atoms with van der Waals surface area (Å²) in [4.78, 5) is 4.50. The Morgan fingerprint density at radius 2 is 1.85 bits per heavy atom. The largest absolute Gasteiger partial charge is 0.314 e. The standard InChI is InChI=1S/C17H21BrN2/c1-13(2)19-11-15(14-6-4-3-5-7-14)10-17-9-8-16(18)12-20-17/h3-9,12-13,15,19H,10-11H2,1-2H3. The summed E-state index contributed by atoms with van der Waals surface area (Å²) in [5, 5.41) is 3.54. The number of nitrogens with one attached hydrogen (secondary N) is 1. The van der Waals surface area contributed by atoms with Gasteiger partial charge >= 0.3 is 0 Å². The second kappa shape index (κ2) is 7.55. The number of halogens is 1. The van der Waals surface area contributed by atoms with Gasteiger partial charge in [-0.2, -0.15) is 0 Å². The number of rotatable bonds is 6. The van der Waals surface area contributed by atoms with Crippen LogP contribution >= 0.6 is 15.9 Å². The van der Waals surface area contributed by atoms with Gasteiger partial charge in [0.2, 0.25) is 0 Å². The van der Waals surface area contributed by atoms with Gasteiger partial charge in [-0.1, -0.05) is 44.2 Å². The zero-order chi connectivity index (χ0) is 14.4. The molecule has 0 fully saturated rings. The molecule has 1 unspecified atom stereocenters. The highest BCUT2D eigenvalue weighted by atomic mass is 79.9. The number of hydrogen-bond acceptors (Lipinski definition) is 2. The molecule has 0 spiro atoms. The summed E-state index contributed by atoms with van der Waals surface area (Å²) >= 11 is 3.43. The Morgan fingerprint density at radius 1 is 1.10 bits per heavy atom. The molecule has 0 saturated heterocycles. The second-order valence-electron chi connectivity index (χ2n) is 5.34.